The Morgan fingerprint density at radius 2 is 1.53 bits per heavy atom. The van der Waals surface area contributed by atoms with Gasteiger partial charge in [0.15, 0.2) is 0 Å². The average molecular weight is 234 g/mol. The molecule has 0 bridgehead atoms. The van der Waals surface area contributed by atoms with E-state index in [1.807, 2.05) is 9.80 Å². The van der Waals surface area contributed by atoms with Crippen molar-refractivity contribution in [1.29, 1.82) is 0 Å². The monoisotopic (exact) mass is 234 g/mol. The quantitative estimate of drug-likeness (QED) is 0.516. The number of hydrogen-bond acceptors (Lipinski definition) is 5. The minimum atomic E-state index is -0.360. The van der Waals surface area contributed by atoms with Gasteiger partial charge < -0.3 is 14.9 Å². The molecule has 2 saturated heterocycles. The highest BCUT2D eigenvalue weighted by molar-refractivity contribution is 6.24. The number of nitrogens with zero attached hydrogens (tertiary/aromatic N) is 2. The van der Waals surface area contributed by atoms with Gasteiger partial charge in [0.05, 0.1) is 23.6 Å². The molecule has 5 nitrogen and oxygen atoms in total. The summed E-state index contributed by atoms with van der Waals surface area (Å²) in [6, 6.07) is 0. The standard InChI is InChI=1S/C12H14N2O3/c1-7-9(13-2-3-13)12(17)8(6-15)10(11(7)16)14-4-5-14/h15H,2-6H2,1H3. The van der Waals surface area contributed by atoms with E-state index in [2.05, 4.69) is 0 Å². The largest absolute Gasteiger partial charge is 0.391 e. The lowest BCUT2D eigenvalue weighted by atomic mass is 9.91. The van der Waals surface area contributed by atoms with E-state index in [0.717, 1.165) is 26.2 Å². The van der Waals surface area contributed by atoms with Gasteiger partial charge in [-0.25, -0.2) is 0 Å². The van der Waals surface area contributed by atoms with E-state index in [-0.39, 0.29) is 23.7 Å². The number of Topliss-reactive ketones (excluding diaryl/α,β-unsaturated/α-hetero) is 2. The number of aliphatic hydroxyl groups is 1. The lowest BCUT2D eigenvalue weighted by Crippen LogP contribution is -2.30. The third-order valence-corrected chi connectivity index (χ3v) is 3.37. The van der Waals surface area contributed by atoms with E-state index in [0.29, 0.717) is 17.0 Å². The van der Waals surface area contributed by atoms with Crippen LogP contribution in [0.1, 0.15) is 6.92 Å². The highest BCUT2D eigenvalue weighted by Gasteiger charge is 2.41. The molecular formula is C12H14N2O3. The molecular weight excluding hydrogens is 220 g/mol. The Balaban J connectivity index is 2.07. The molecule has 2 fully saturated rings. The molecule has 1 N–H and O–H groups in total. The van der Waals surface area contributed by atoms with Crippen LogP contribution in [-0.2, 0) is 9.59 Å². The van der Waals surface area contributed by atoms with Gasteiger partial charge in [-0.05, 0) is 6.92 Å². The molecule has 5 heteroatoms. The van der Waals surface area contributed by atoms with Gasteiger partial charge in [-0.1, -0.05) is 0 Å². The van der Waals surface area contributed by atoms with Crippen molar-refractivity contribution in [2.24, 2.45) is 0 Å². The van der Waals surface area contributed by atoms with Gasteiger partial charge in [-0.2, -0.15) is 0 Å². The lowest BCUT2D eigenvalue weighted by molar-refractivity contribution is -0.118. The van der Waals surface area contributed by atoms with Crippen LogP contribution < -0.4 is 0 Å². The van der Waals surface area contributed by atoms with Crippen LogP contribution in [0.3, 0.4) is 0 Å². The molecule has 0 unspecified atom stereocenters. The fourth-order valence-corrected chi connectivity index (χ4v) is 2.25. The molecule has 0 radical (unpaired) electrons. The van der Waals surface area contributed by atoms with E-state index in [4.69, 9.17) is 0 Å². The van der Waals surface area contributed by atoms with E-state index >= 15 is 0 Å². The van der Waals surface area contributed by atoms with Crippen LogP contribution in [0.25, 0.3) is 0 Å². The molecule has 0 saturated carbocycles. The highest BCUT2D eigenvalue weighted by Crippen LogP contribution is 2.33. The number of ketones is 2. The predicted molar refractivity (Wildman–Crippen MR) is 60.0 cm³/mol. The lowest BCUT2D eigenvalue weighted by Gasteiger charge is -2.22. The fourth-order valence-electron chi connectivity index (χ4n) is 2.25. The summed E-state index contributed by atoms with van der Waals surface area (Å²) in [5.74, 6) is -0.281. The fraction of sp³-hybridized carbons (Fsp3) is 0.500. The van der Waals surface area contributed by atoms with Crippen molar-refractivity contribution >= 4 is 11.6 Å². The Labute approximate surface area is 99.0 Å². The minimum absolute atomic E-state index is 0.104. The number of hydrogen-bond donors (Lipinski definition) is 1. The van der Waals surface area contributed by atoms with Crippen molar-refractivity contribution in [3.63, 3.8) is 0 Å². The Kier molecular flexibility index (Phi) is 2.13. The van der Waals surface area contributed by atoms with Gasteiger partial charge in [-0.3, -0.25) is 9.59 Å². The van der Waals surface area contributed by atoms with Crippen molar-refractivity contribution < 1.29 is 14.7 Å². The van der Waals surface area contributed by atoms with E-state index in [9.17, 15) is 14.7 Å². The second-order valence-electron chi connectivity index (χ2n) is 4.59. The molecule has 0 spiro atoms. The summed E-state index contributed by atoms with van der Waals surface area (Å²) in [6.45, 7) is 4.58. The number of rotatable bonds is 3. The van der Waals surface area contributed by atoms with Crippen molar-refractivity contribution in [3.8, 4) is 0 Å². The molecule has 1 aliphatic carbocycles. The summed E-state index contributed by atoms with van der Waals surface area (Å²) in [6.07, 6.45) is 0. The first kappa shape index (κ1) is 10.5. The smallest absolute Gasteiger partial charge is 0.209 e. The zero-order valence-corrected chi connectivity index (χ0v) is 9.69. The second kappa shape index (κ2) is 3.43. The van der Waals surface area contributed by atoms with Gasteiger partial charge in [0.1, 0.15) is 0 Å². The molecule has 0 amide bonds. The first-order chi connectivity index (χ1) is 8.15. The normalized spacial score (nSPS) is 23.9. The predicted octanol–water partition coefficient (Wildman–Crippen LogP) is -0.710. The van der Waals surface area contributed by atoms with Crippen LogP contribution >= 0.6 is 0 Å². The van der Waals surface area contributed by atoms with Gasteiger partial charge in [-0.15, -0.1) is 0 Å². The molecule has 0 atom stereocenters. The molecule has 90 valence electrons. The molecule has 17 heavy (non-hydrogen) atoms. The zero-order valence-electron chi connectivity index (χ0n) is 9.69. The zero-order chi connectivity index (χ0) is 12.2. The molecule has 0 aromatic rings. The molecule has 0 aromatic carbocycles. The van der Waals surface area contributed by atoms with Crippen molar-refractivity contribution in [3.05, 3.63) is 22.5 Å². The number of aliphatic hydroxyl groups excluding tert-OH is 1. The molecule has 3 rings (SSSR count). The Bertz CT molecular complexity index is 482. The molecule has 2 heterocycles. The van der Waals surface area contributed by atoms with Crippen molar-refractivity contribution in [2.45, 2.75) is 6.92 Å². The van der Waals surface area contributed by atoms with Crippen LogP contribution in [0, 0.1) is 0 Å². The van der Waals surface area contributed by atoms with Crippen LogP contribution in [0.5, 0.6) is 0 Å². The van der Waals surface area contributed by atoms with Crippen LogP contribution in [-0.4, -0.2) is 59.3 Å². The third-order valence-electron chi connectivity index (χ3n) is 3.37. The summed E-state index contributed by atoms with van der Waals surface area (Å²) in [4.78, 5) is 28.2. The molecule has 0 aromatic heterocycles. The number of carbonyl (C=O) groups excluding carboxylic acids is 2. The van der Waals surface area contributed by atoms with E-state index in [1.165, 1.54) is 0 Å². The summed E-state index contributed by atoms with van der Waals surface area (Å²) >= 11 is 0. The second-order valence-corrected chi connectivity index (χ2v) is 4.59. The highest BCUT2D eigenvalue weighted by atomic mass is 16.3. The minimum Gasteiger partial charge on any atom is -0.391 e. The summed E-state index contributed by atoms with van der Waals surface area (Å²) in [5.41, 5.74) is 1.69. The van der Waals surface area contributed by atoms with Gasteiger partial charge in [0.2, 0.25) is 11.6 Å². The summed E-state index contributed by atoms with van der Waals surface area (Å²) in [7, 11) is 0. The van der Waals surface area contributed by atoms with Gasteiger partial charge >= 0.3 is 0 Å². The SMILES string of the molecule is CC1=C(N2CC2)C(=O)C(CO)=C(N2CC2)C1=O. The maximum atomic E-state index is 12.2. The Morgan fingerprint density at radius 3 is 2.00 bits per heavy atom. The van der Waals surface area contributed by atoms with Crippen LogP contribution in [0.15, 0.2) is 22.5 Å². The maximum absolute atomic E-state index is 12.2. The van der Waals surface area contributed by atoms with E-state index < -0.39 is 0 Å². The number of carbonyl (C=O) groups is 2. The van der Waals surface area contributed by atoms with Crippen molar-refractivity contribution in [1.82, 2.24) is 9.80 Å². The maximum Gasteiger partial charge on any atom is 0.209 e. The van der Waals surface area contributed by atoms with Gasteiger partial charge in [0.25, 0.3) is 0 Å². The number of allylic oxidation sites excluding steroid dienone is 2. The summed E-state index contributed by atoms with van der Waals surface area (Å²) < 4.78 is 0. The van der Waals surface area contributed by atoms with Crippen molar-refractivity contribution in [2.75, 3.05) is 32.8 Å². The van der Waals surface area contributed by atoms with Crippen LogP contribution in [0.2, 0.25) is 0 Å². The summed E-state index contributed by atoms with van der Waals surface area (Å²) in [5, 5.41) is 9.33. The van der Waals surface area contributed by atoms with Gasteiger partial charge in [0, 0.05) is 31.8 Å². The topological polar surface area (TPSA) is 60.4 Å². The first-order valence-electron chi connectivity index (χ1n) is 5.79. The Morgan fingerprint density at radius 1 is 1.00 bits per heavy atom. The molecule has 3 aliphatic rings. The van der Waals surface area contributed by atoms with Crippen LogP contribution in [0.4, 0.5) is 0 Å². The Hall–Kier alpha value is -1.62. The van der Waals surface area contributed by atoms with E-state index in [1.54, 1.807) is 6.92 Å². The first-order valence-corrected chi connectivity index (χ1v) is 5.79. The third kappa shape index (κ3) is 1.50. The molecule has 2 aliphatic heterocycles. The average Bonchev–Trinajstić information content (AvgIpc) is 3.14.